The number of furan rings is 1. The Labute approximate surface area is 200 Å². The van der Waals surface area contributed by atoms with E-state index in [-0.39, 0.29) is 44.9 Å². The lowest BCUT2D eigenvalue weighted by Crippen LogP contribution is -2.29. The zero-order valence-corrected chi connectivity index (χ0v) is 19.6. The second-order valence-electron chi connectivity index (χ2n) is 7.80. The van der Waals surface area contributed by atoms with Gasteiger partial charge >= 0.3 is 0 Å². The Morgan fingerprint density at radius 1 is 1.03 bits per heavy atom. The molecule has 2 N–H and O–H groups in total. The van der Waals surface area contributed by atoms with Gasteiger partial charge in [0.1, 0.15) is 40.6 Å². The summed E-state index contributed by atoms with van der Waals surface area (Å²) in [6.07, 6.45) is 0. The quantitative estimate of drug-likeness (QED) is 0.302. The van der Waals surface area contributed by atoms with Crippen LogP contribution in [0.3, 0.4) is 0 Å². The first-order chi connectivity index (χ1) is 16.2. The molecule has 3 aromatic rings. The maximum atomic E-state index is 13.3. The van der Waals surface area contributed by atoms with Crippen LogP contribution >= 0.6 is 11.6 Å². The monoisotopic (exact) mass is 483 g/mol. The van der Waals surface area contributed by atoms with Crippen LogP contribution in [0.15, 0.2) is 52.5 Å². The van der Waals surface area contributed by atoms with E-state index in [1.54, 1.807) is 38.1 Å². The van der Waals surface area contributed by atoms with Crippen LogP contribution in [0.4, 0.5) is 5.69 Å². The number of carbonyl (C=O) groups is 2. The smallest absolute Gasteiger partial charge is 0.300 e. The number of aliphatic hydroxyl groups excluding tert-OH is 1. The highest BCUT2D eigenvalue weighted by Gasteiger charge is 2.49. The van der Waals surface area contributed by atoms with Crippen LogP contribution in [0.1, 0.15) is 28.7 Å². The Morgan fingerprint density at radius 2 is 1.74 bits per heavy atom. The summed E-state index contributed by atoms with van der Waals surface area (Å²) in [6.45, 7) is 3.50. The van der Waals surface area contributed by atoms with Gasteiger partial charge in [0.2, 0.25) is 0 Å². The van der Waals surface area contributed by atoms with Gasteiger partial charge < -0.3 is 24.1 Å². The van der Waals surface area contributed by atoms with Crippen LogP contribution < -0.4 is 14.4 Å². The highest BCUT2D eigenvalue weighted by atomic mass is 35.5. The first kappa shape index (κ1) is 23.3. The van der Waals surface area contributed by atoms with Crippen molar-refractivity contribution in [2.24, 2.45) is 0 Å². The number of halogens is 1. The van der Waals surface area contributed by atoms with Crippen molar-refractivity contribution >= 4 is 34.7 Å². The SMILES string of the molecule is COc1cc(/C(O)=C2\C(=O)C(=O)N(c3cc(C)ccc3O)C2c2ccc(C)o2)c(OC)cc1Cl. The first-order valence-electron chi connectivity index (χ1n) is 10.3. The van der Waals surface area contributed by atoms with Crippen LogP contribution in [-0.2, 0) is 9.59 Å². The van der Waals surface area contributed by atoms with Gasteiger partial charge in [-0.15, -0.1) is 0 Å². The van der Waals surface area contributed by atoms with E-state index in [1.807, 2.05) is 0 Å². The number of ether oxygens (including phenoxy) is 2. The number of phenols is 1. The number of Topliss-reactive ketones (excluding diaryl/α,β-unsaturated/α-hetero) is 1. The Bertz CT molecular complexity index is 1340. The van der Waals surface area contributed by atoms with E-state index >= 15 is 0 Å². The molecule has 1 aliphatic rings. The summed E-state index contributed by atoms with van der Waals surface area (Å²) < 4.78 is 16.4. The summed E-state index contributed by atoms with van der Waals surface area (Å²) in [6, 6.07) is 9.68. The van der Waals surface area contributed by atoms with Gasteiger partial charge in [-0.25, -0.2) is 0 Å². The molecule has 1 atom stereocenters. The van der Waals surface area contributed by atoms with Gasteiger partial charge in [-0.1, -0.05) is 17.7 Å². The minimum atomic E-state index is -1.15. The van der Waals surface area contributed by atoms with Gasteiger partial charge in [0.25, 0.3) is 11.7 Å². The highest BCUT2D eigenvalue weighted by Crippen LogP contribution is 2.47. The van der Waals surface area contributed by atoms with E-state index in [0.717, 1.165) is 10.5 Å². The number of aliphatic hydroxyl groups is 1. The van der Waals surface area contributed by atoms with E-state index < -0.39 is 23.5 Å². The first-order valence-corrected chi connectivity index (χ1v) is 10.6. The molecule has 1 aliphatic heterocycles. The summed E-state index contributed by atoms with van der Waals surface area (Å²) in [5.74, 6) is -1.40. The van der Waals surface area contributed by atoms with E-state index in [2.05, 4.69) is 0 Å². The largest absolute Gasteiger partial charge is 0.507 e. The summed E-state index contributed by atoms with van der Waals surface area (Å²) in [7, 11) is 2.79. The van der Waals surface area contributed by atoms with Gasteiger partial charge in [0.05, 0.1) is 36.1 Å². The molecule has 1 amide bonds. The number of hydrogen-bond donors (Lipinski definition) is 2. The molecular weight excluding hydrogens is 462 g/mol. The number of anilines is 1. The summed E-state index contributed by atoms with van der Waals surface area (Å²) in [5, 5.41) is 22.1. The lowest BCUT2D eigenvalue weighted by atomic mass is 9.98. The third kappa shape index (κ3) is 3.76. The minimum Gasteiger partial charge on any atom is -0.507 e. The molecule has 0 bridgehead atoms. The molecule has 0 spiro atoms. The molecule has 0 aliphatic carbocycles. The minimum absolute atomic E-state index is 0.100. The fourth-order valence-corrected chi connectivity index (χ4v) is 4.20. The summed E-state index contributed by atoms with van der Waals surface area (Å²) in [4.78, 5) is 27.6. The molecule has 0 radical (unpaired) electrons. The van der Waals surface area contributed by atoms with Crippen LogP contribution in [0.2, 0.25) is 5.02 Å². The Hall–Kier alpha value is -3.91. The molecule has 1 saturated heterocycles. The number of phenolic OH excluding ortho intramolecular Hbond substituents is 1. The molecule has 2 heterocycles. The van der Waals surface area contributed by atoms with Gasteiger partial charge in [0.15, 0.2) is 0 Å². The van der Waals surface area contributed by atoms with Crippen molar-refractivity contribution in [1.29, 1.82) is 0 Å². The zero-order valence-electron chi connectivity index (χ0n) is 18.9. The van der Waals surface area contributed by atoms with Crippen molar-refractivity contribution in [3.8, 4) is 17.2 Å². The van der Waals surface area contributed by atoms with Crippen molar-refractivity contribution in [2.45, 2.75) is 19.9 Å². The molecule has 2 aromatic carbocycles. The average Bonchev–Trinajstić information content (AvgIpc) is 3.35. The van der Waals surface area contributed by atoms with Crippen LogP contribution in [0.25, 0.3) is 5.76 Å². The van der Waals surface area contributed by atoms with Gasteiger partial charge in [0, 0.05) is 6.07 Å². The predicted molar refractivity (Wildman–Crippen MR) is 126 cm³/mol. The van der Waals surface area contributed by atoms with Gasteiger partial charge in [-0.05, 0) is 49.7 Å². The number of hydrogen-bond acceptors (Lipinski definition) is 7. The van der Waals surface area contributed by atoms with Crippen molar-refractivity contribution in [3.05, 3.63) is 75.7 Å². The molecule has 176 valence electrons. The number of rotatable bonds is 5. The fraction of sp³-hybridized carbons (Fsp3) is 0.200. The van der Waals surface area contributed by atoms with Crippen molar-refractivity contribution in [1.82, 2.24) is 0 Å². The normalized spacial score (nSPS) is 17.3. The number of amides is 1. The highest BCUT2D eigenvalue weighted by molar-refractivity contribution is 6.52. The molecule has 8 nitrogen and oxygen atoms in total. The molecular formula is C25H22ClNO7. The molecule has 9 heteroatoms. The third-order valence-electron chi connectivity index (χ3n) is 5.59. The average molecular weight is 484 g/mol. The fourth-order valence-electron chi connectivity index (χ4n) is 3.97. The predicted octanol–water partition coefficient (Wildman–Crippen LogP) is 4.90. The molecule has 34 heavy (non-hydrogen) atoms. The van der Waals surface area contributed by atoms with Crippen molar-refractivity contribution in [3.63, 3.8) is 0 Å². The number of aryl methyl sites for hydroxylation is 2. The number of methoxy groups -OCH3 is 2. The maximum Gasteiger partial charge on any atom is 0.300 e. The zero-order chi connectivity index (χ0) is 24.7. The van der Waals surface area contributed by atoms with Gasteiger partial charge in [-0.3, -0.25) is 14.5 Å². The molecule has 1 aromatic heterocycles. The van der Waals surface area contributed by atoms with E-state index in [1.165, 1.54) is 32.4 Å². The lowest BCUT2D eigenvalue weighted by Gasteiger charge is -2.24. The molecule has 0 saturated carbocycles. The van der Waals surface area contributed by atoms with Crippen molar-refractivity contribution < 1.29 is 33.7 Å². The van der Waals surface area contributed by atoms with Crippen molar-refractivity contribution in [2.75, 3.05) is 19.1 Å². The standard InChI is InChI=1S/C25H22ClNO7/c1-12-5-7-17(28)16(9-12)27-22(18-8-6-13(2)34-18)21(24(30)25(27)31)23(29)14-10-20(33-4)15(26)11-19(14)32-3/h5-11,22,28-29H,1-4H3/b23-21+. The topological polar surface area (TPSA) is 109 Å². The summed E-state index contributed by atoms with van der Waals surface area (Å²) >= 11 is 6.18. The number of carbonyl (C=O) groups excluding carboxylic acids is 2. The number of ketones is 1. The van der Waals surface area contributed by atoms with Crippen LogP contribution in [0, 0.1) is 13.8 Å². The number of benzene rings is 2. The van der Waals surface area contributed by atoms with Crippen LogP contribution in [0.5, 0.6) is 17.2 Å². The molecule has 1 fully saturated rings. The Morgan fingerprint density at radius 3 is 2.35 bits per heavy atom. The second kappa shape index (κ2) is 8.79. The van der Waals surface area contributed by atoms with Crippen LogP contribution in [-0.4, -0.2) is 36.1 Å². The molecule has 4 rings (SSSR count). The van der Waals surface area contributed by atoms with E-state index in [9.17, 15) is 19.8 Å². The second-order valence-corrected chi connectivity index (χ2v) is 8.20. The Balaban J connectivity index is 2.02. The third-order valence-corrected chi connectivity index (χ3v) is 5.89. The van der Waals surface area contributed by atoms with Gasteiger partial charge in [-0.2, -0.15) is 0 Å². The summed E-state index contributed by atoms with van der Waals surface area (Å²) in [5.41, 5.74) is 0.737. The number of nitrogens with zero attached hydrogens (tertiary/aromatic N) is 1. The number of aromatic hydroxyl groups is 1. The lowest BCUT2D eigenvalue weighted by molar-refractivity contribution is -0.132. The van der Waals surface area contributed by atoms with E-state index in [4.69, 9.17) is 25.5 Å². The van der Waals surface area contributed by atoms with E-state index in [0.29, 0.717) is 5.76 Å². The Kier molecular flexibility index (Phi) is 6.01. The maximum absolute atomic E-state index is 13.3. The molecule has 1 unspecified atom stereocenters.